The van der Waals surface area contributed by atoms with Gasteiger partial charge in [0.2, 0.25) is 11.9 Å². The normalized spacial score (nSPS) is 16.1. The molecule has 23 heavy (non-hydrogen) atoms. The number of ether oxygens (including phenoxy) is 1. The summed E-state index contributed by atoms with van der Waals surface area (Å²) in [6.07, 6.45) is 0.292. The van der Waals surface area contributed by atoms with Crippen molar-refractivity contribution in [3.8, 4) is 5.75 Å². The molecule has 0 saturated carbocycles. The average molecular weight is 319 g/mol. The van der Waals surface area contributed by atoms with E-state index >= 15 is 0 Å². The van der Waals surface area contributed by atoms with E-state index in [1.807, 2.05) is 4.57 Å². The van der Waals surface area contributed by atoms with Gasteiger partial charge in [-0.3, -0.25) is 4.79 Å². The molecule has 1 aliphatic rings. The first-order chi connectivity index (χ1) is 11.0. The fraction of sp³-hybridized carbons (Fsp3) is 0.357. The Morgan fingerprint density at radius 3 is 2.96 bits per heavy atom. The molecule has 2 heterocycles. The molecule has 3 rings (SSSR count). The molecule has 0 fully saturated rings. The van der Waals surface area contributed by atoms with Gasteiger partial charge in [0.15, 0.2) is 0 Å². The highest BCUT2D eigenvalue weighted by atomic mass is 16.5. The van der Waals surface area contributed by atoms with Crippen LogP contribution in [0.25, 0.3) is 11.0 Å². The number of nitrogens with zero attached hydrogens (tertiary/aromatic N) is 2. The lowest BCUT2D eigenvalue weighted by molar-refractivity contribution is 0.0999. The molecular weight excluding hydrogens is 302 g/mol. The van der Waals surface area contributed by atoms with Gasteiger partial charge in [0.25, 0.3) is 0 Å². The molecule has 0 spiro atoms. The largest absolute Gasteiger partial charge is 0.489 e. The van der Waals surface area contributed by atoms with Crippen molar-refractivity contribution in [1.82, 2.24) is 14.9 Å². The minimum absolute atomic E-state index is 0.0393. The Morgan fingerprint density at radius 2 is 2.26 bits per heavy atom. The zero-order valence-corrected chi connectivity index (χ0v) is 12.3. The van der Waals surface area contributed by atoms with Crippen LogP contribution in [0.2, 0.25) is 0 Å². The molecule has 0 aliphatic carbocycles. The maximum atomic E-state index is 11.4. The fourth-order valence-electron chi connectivity index (χ4n) is 2.84. The van der Waals surface area contributed by atoms with Gasteiger partial charge in [0.1, 0.15) is 17.9 Å². The Kier molecular flexibility index (Phi) is 3.68. The Hall–Kier alpha value is -2.97. The summed E-state index contributed by atoms with van der Waals surface area (Å²) in [6, 6.07) is 3.14. The molecular formula is C14H17N5O4. The lowest BCUT2D eigenvalue weighted by Gasteiger charge is -2.26. The van der Waals surface area contributed by atoms with Gasteiger partial charge in [-0.05, 0) is 25.0 Å². The number of nitrogens with one attached hydrogen (secondary N) is 1. The number of aromatic nitrogens is 2. The van der Waals surface area contributed by atoms with Gasteiger partial charge in [0.05, 0.1) is 11.6 Å². The van der Waals surface area contributed by atoms with Gasteiger partial charge < -0.3 is 31.2 Å². The first-order valence-corrected chi connectivity index (χ1v) is 7.18. The molecule has 9 heteroatoms. The standard InChI is InChI=1S/C14H17N5O4/c15-12(20)7-4-9-11-10(5-7)23-6-8(19(11)13(16)18-9)2-1-3-17-14(21)22/h4-5,8,17H,1-3,6H2,(H2,15,20)(H2,16,18)(H,21,22). The number of nitrogen functional groups attached to an aromatic ring is 1. The topological polar surface area (TPSA) is 145 Å². The molecule has 1 atom stereocenters. The van der Waals surface area contributed by atoms with E-state index < -0.39 is 12.0 Å². The Balaban J connectivity index is 1.88. The van der Waals surface area contributed by atoms with E-state index in [0.717, 1.165) is 5.52 Å². The van der Waals surface area contributed by atoms with Gasteiger partial charge >= 0.3 is 6.09 Å². The first-order valence-electron chi connectivity index (χ1n) is 7.18. The molecule has 122 valence electrons. The van der Waals surface area contributed by atoms with Crippen LogP contribution in [0.3, 0.4) is 0 Å². The molecule has 0 radical (unpaired) electrons. The smallest absolute Gasteiger partial charge is 0.404 e. The van der Waals surface area contributed by atoms with E-state index in [1.54, 1.807) is 12.1 Å². The van der Waals surface area contributed by atoms with E-state index in [4.69, 9.17) is 21.3 Å². The monoisotopic (exact) mass is 319 g/mol. The third-order valence-electron chi connectivity index (χ3n) is 3.85. The van der Waals surface area contributed by atoms with E-state index in [2.05, 4.69) is 10.3 Å². The lowest BCUT2D eigenvalue weighted by Crippen LogP contribution is -2.26. The summed E-state index contributed by atoms with van der Waals surface area (Å²) < 4.78 is 7.60. The molecule has 1 unspecified atom stereocenters. The SMILES string of the molecule is NC(=O)c1cc2c3c(c1)nc(N)n3C(CCCNC(=O)O)CO2. The zero-order chi connectivity index (χ0) is 16.6. The third-order valence-corrected chi connectivity index (χ3v) is 3.85. The van der Waals surface area contributed by atoms with Gasteiger partial charge in [-0.1, -0.05) is 0 Å². The van der Waals surface area contributed by atoms with Gasteiger partial charge in [-0.2, -0.15) is 0 Å². The highest BCUT2D eigenvalue weighted by Crippen LogP contribution is 2.37. The second-order valence-electron chi connectivity index (χ2n) is 5.39. The predicted molar refractivity (Wildman–Crippen MR) is 82.5 cm³/mol. The van der Waals surface area contributed by atoms with Gasteiger partial charge in [-0.15, -0.1) is 0 Å². The second-order valence-corrected chi connectivity index (χ2v) is 5.39. The molecule has 1 aromatic heterocycles. The van der Waals surface area contributed by atoms with Gasteiger partial charge in [-0.25, -0.2) is 9.78 Å². The van der Waals surface area contributed by atoms with Crippen LogP contribution in [0.4, 0.5) is 10.7 Å². The summed E-state index contributed by atoms with van der Waals surface area (Å²) in [7, 11) is 0. The van der Waals surface area contributed by atoms with Crippen molar-refractivity contribution in [2.24, 2.45) is 5.73 Å². The Labute approximate surface area is 131 Å². The number of primary amides is 1. The minimum Gasteiger partial charge on any atom is -0.489 e. The first kappa shape index (κ1) is 14.9. The van der Waals surface area contributed by atoms with Crippen molar-refractivity contribution < 1.29 is 19.4 Å². The van der Waals surface area contributed by atoms with Crippen molar-refractivity contribution in [2.45, 2.75) is 18.9 Å². The van der Waals surface area contributed by atoms with Crippen molar-refractivity contribution >= 4 is 29.0 Å². The predicted octanol–water partition coefficient (Wildman–Crippen LogP) is 0.699. The maximum Gasteiger partial charge on any atom is 0.404 e. The second kappa shape index (κ2) is 5.67. The number of carbonyl (C=O) groups is 2. The van der Waals surface area contributed by atoms with Crippen LogP contribution >= 0.6 is 0 Å². The van der Waals surface area contributed by atoms with E-state index in [0.29, 0.717) is 48.8 Å². The zero-order valence-electron chi connectivity index (χ0n) is 12.3. The summed E-state index contributed by atoms with van der Waals surface area (Å²) in [4.78, 5) is 26.1. The third kappa shape index (κ3) is 2.72. The summed E-state index contributed by atoms with van der Waals surface area (Å²) in [5.41, 5.74) is 12.9. The summed E-state index contributed by atoms with van der Waals surface area (Å²) in [5, 5.41) is 10.9. The highest BCUT2D eigenvalue weighted by Gasteiger charge is 2.26. The molecule has 9 nitrogen and oxygen atoms in total. The molecule has 2 amide bonds. The molecule has 1 aromatic carbocycles. The van der Waals surface area contributed by atoms with Crippen molar-refractivity contribution in [1.29, 1.82) is 0 Å². The number of carboxylic acid groups (broad SMARTS) is 1. The number of amides is 2. The number of carbonyl (C=O) groups excluding carboxylic acids is 1. The summed E-state index contributed by atoms with van der Waals surface area (Å²) >= 11 is 0. The molecule has 0 bridgehead atoms. The van der Waals surface area contributed by atoms with E-state index in [9.17, 15) is 9.59 Å². The van der Waals surface area contributed by atoms with E-state index in [-0.39, 0.29) is 6.04 Å². The molecule has 1 aliphatic heterocycles. The highest BCUT2D eigenvalue weighted by molar-refractivity contribution is 5.99. The van der Waals surface area contributed by atoms with Crippen LogP contribution < -0.4 is 21.5 Å². The van der Waals surface area contributed by atoms with Crippen LogP contribution in [0, 0.1) is 0 Å². The number of rotatable bonds is 5. The number of imidazole rings is 1. The minimum atomic E-state index is -1.04. The number of hydrogen-bond donors (Lipinski definition) is 4. The lowest BCUT2D eigenvalue weighted by atomic mass is 10.1. The molecule has 2 aromatic rings. The van der Waals surface area contributed by atoms with Gasteiger partial charge in [0, 0.05) is 12.1 Å². The average Bonchev–Trinajstić information content (AvgIpc) is 2.83. The Morgan fingerprint density at radius 1 is 1.48 bits per heavy atom. The maximum absolute atomic E-state index is 11.4. The summed E-state index contributed by atoms with van der Waals surface area (Å²) in [6.45, 7) is 0.731. The molecule has 0 saturated heterocycles. The van der Waals surface area contributed by atoms with Crippen LogP contribution in [0.5, 0.6) is 5.75 Å². The Bertz CT molecular complexity index is 785. The van der Waals surface area contributed by atoms with Crippen LogP contribution in [-0.4, -0.2) is 39.8 Å². The van der Waals surface area contributed by atoms with E-state index in [1.165, 1.54) is 0 Å². The molecule has 6 N–H and O–H groups in total. The number of nitrogens with two attached hydrogens (primary N) is 2. The van der Waals surface area contributed by atoms with Crippen molar-refractivity contribution in [3.05, 3.63) is 17.7 Å². The number of anilines is 1. The number of benzene rings is 1. The summed E-state index contributed by atoms with van der Waals surface area (Å²) in [5.74, 6) is 0.310. The number of hydrogen-bond acceptors (Lipinski definition) is 5. The van der Waals surface area contributed by atoms with Crippen LogP contribution in [0.15, 0.2) is 12.1 Å². The van der Waals surface area contributed by atoms with Crippen molar-refractivity contribution in [3.63, 3.8) is 0 Å². The van der Waals surface area contributed by atoms with Crippen molar-refractivity contribution in [2.75, 3.05) is 18.9 Å². The quantitative estimate of drug-likeness (QED) is 0.597. The van der Waals surface area contributed by atoms with Crippen LogP contribution in [0.1, 0.15) is 29.2 Å². The fourth-order valence-corrected chi connectivity index (χ4v) is 2.84. The van der Waals surface area contributed by atoms with Crippen LogP contribution in [-0.2, 0) is 0 Å².